The molecule has 1 aliphatic heterocycles. The second-order valence-electron chi connectivity index (χ2n) is 5.42. The van der Waals surface area contributed by atoms with Gasteiger partial charge in [0.2, 0.25) is 0 Å². The van der Waals surface area contributed by atoms with Crippen LogP contribution in [0.25, 0.3) is 5.69 Å². The molecule has 2 unspecified atom stereocenters. The summed E-state index contributed by atoms with van der Waals surface area (Å²) in [6.07, 6.45) is 2.44. The average Bonchev–Trinajstić information content (AvgIpc) is 3.16. The van der Waals surface area contributed by atoms with E-state index in [9.17, 15) is 4.79 Å². The summed E-state index contributed by atoms with van der Waals surface area (Å²) in [5.74, 6) is 0.383. The lowest BCUT2D eigenvalue weighted by Crippen LogP contribution is -2.35. The Morgan fingerprint density at radius 3 is 2.90 bits per heavy atom. The zero-order valence-corrected chi connectivity index (χ0v) is 11.9. The predicted molar refractivity (Wildman–Crippen MR) is 76.8 cm³/mol. The summed E-state index contributed by atoms with van der Waals surface area (Å²) in [5.41, 5.74) is 7.03. The van der Waals surface area contributed by atoms with E-state index in [1.54, 1.807) is 0 Å². The topological polar surface area (TPSA) is 89.9 Å². The highest BCUT2D eigenvalue weighted by Gasteiger charge is 2.33. The zero-order valence-electron chi connectivity index (χ0n) is 11.9. The number of carbonyl (C=O) groups is 1. The molecule has 7 heteroatoms. The number of tetrazole rings is 1. The van der Waals surface area contributed by atoms with Crippen molar-refractivity contribution >= 4 is 5.91 Å². The van der Waals surface area contributed by atoms with E-state index >= 15 is 0 Å². The van der Waals surface area contributed by atoms with Crippen LogP contribution in [0.2, 0.25) is 0 Å². The number of amides is 1. The van der Waals surface area contributed by atoms with Crippen LogP contribution in [0.15, 0.2) is 30.6 Å². The molecule has 7 nitrogen and oxygen atoms in total. The van der Waals surface area contributed by atoms with Crippen molar-refractivity contribution in [2.45, 2.75) is 19.4 Å². The van der Waals surface area contributed by atoms with E-state index in [2.05, 4.69) is 22.4 Å². The van der Waals surface area contributed by atoms with Crippen LogP contribution < -0.4 is 5.73 Å². The van der Waals surface area contributed by atoms with E-state index in [0.29, 0.717) is 30.3 Å². The van der Waals surface area contributed by atoms with Gasteiger partial charge in [0.25, 0.3) is 5.91 Å². The number of nitrogens with zero attached hydrogens (tertiary/aromatic N) is 5. The standard InChI is InChI=1S/C14H18N6O/c1-10-6-11(7-15)8-19(10)14(21)12-4-2-3-5-13(12)20-9-16-17-18-20/h2-5,9-11H,6-8,15H2,1H3. The summed E-state index contributed by atoms with van der Waals surface area (Å²) >= 11 is 0. The molecule has 0 aliphatic carbocycles. The first-order valence-electron chi connectivity index (χ1n) is 7.04. The number of para-hydroxylation sites is 1. The van der Waals surface area contributed by atoms with Crippen LogP contribution in [-0.2, 0) is 0 Å². The Hall–Kier alpha value is -2.28. The number of nitrogens with two attached hydrogens (primary N) is 1. The maximum Gasteiger partial charge on any atom is 0.256 e. The van der Waals surface area contributed by atoms with Gasteiger partial charge in [-0.25, -0.2) is 0 Å². The van der Waals surface area contributed by atoms with Crippen LogP contribution in [0.4, 0.5) is 0 Å². The Bertz CT molecular complexity index is 626. The molecule has 2 heterocycles. The smallest absolute Gasteiger partial charge is 0.256 e. The second-order valence-corrected chi connectivity index (χ2v) is 5.42. The van der Waals surface area contributed by atoms with E-state index < -0.39 is 0 Å². The van der Waals surface area contributed by atoms with Crippen molar-refractivity contribution in [2.75, 3.05) is 13.1 Å². The van der Waals surface area contributed by atoms with Crippen molar-refractivity contribution in [3.63, 3.8) is 0 Å². The van der Waals surface area contributed by atoms with Crippen LogP contribution >= 0.6 is 0 Å². The first-order valence-corrected chi connectivity index (χ1v) is 7.04. The van der Waals surface area contributed by atoms with Crippen LogP contribution in [0.1, 0.15) is 23.7 Å². The van der Waals surface area contributed by atoms with Gasteiger partial charge in [0, 0.05) is 12.6 Å². The molecule has 0 bridgehead atoms. The van der Waals surface area contributed by atoms with Crippen molar-refractivity contribution in [3.05, 3.63) is 36.2 Å². The number of hydrogen-bond donors (Lipinski definition) is 1. The Morgan fingerprint density at radius 1 is 1.43 bits per heavy atom. The average molecular weight is 286 g/mol. The van der Waals surface area contributed by atoms with Gasteiger partial charge in [0.05, 0.1) is 11.3 Å². The van der Waals surface area contributed by atoms with Crippen LogP contribution in [0, 0.1) is 5.92 Å². The highest BCUT2D eigenvalue weighted by atomic mass is 16.2. The highest BCUT2D eigenvalue weighted by molar-refractivity contribution is 5.98. The quantitative estimate of drug-likeness (QED) is 0.886. The van der Waals surface area contributed by atoms with Crippen LogP contribution in [0.5, 0.6) is 0 Å². The van der Waals surface area contributed by atoms with Gasteiger partial charge in [0.1, 0.15) is 6.33 Å². The first kappa shape index (κ1) is 13.7. The lowest BCUT2D eigenvalue weighted by atomic mass is 10.1. The summed E-state index contributed by atoms with van der Waals surface area (Å²) < 4.78 is 1.51. The molecule has 1 aliphatic rings. The molecule has 21 heavy (non-hydrogen) atoms. The highest BCUT2D eigenvalue weighted by Crippen LogP contribution is 2.25. The van der Waals surface area contributed by atoms with Crippen LogP contribution in [-0.4, -0.2) is 50.1 Å². The molecular weight excluding hydrogens is 268 g/mol. The number of carbonyl (C=O) groups excluding carboxylic acids is 1. The lowest BCUT2D eigenvalue weighted by Gasteiger charge is -2.22. The summed E-state index contributed by atoms with van der Waals surface area (Å²) in [5, 5.41) is 11.1. The maximum absolute atomic E-state index is 12.8. The largest absolute Gasteiger partial charge is 0.336 e. The van der Waals surface area contributed by atoms with E-state index in [1.807, 2.05) is 29.2 Å². The van der Waals surface area contributed by atoms with Gasteiger partial charge in [-0.15, -0.1) is 5.10 Å². The van der Waals surface area contributed by atoms with Crippen molar-refractivity contribution in [1.29, 1.82) is 0 Å². The van der Waals surface area contributed by atoms with Gasteiger partial charge in [0.15, 0.2) is 0 Å². The number of hydrogen-bond acceptors (Lipinski definition) is 5. The fourth-order valence-electron chi connectivity index (χ4n) is 2.88. The Morgan fingerprint density at radius 2 is 2.24 bits per heavy atom. The monoisotopic (exact) mass is 286 g/mol. The number of likely N-dealkylation sites (tertiary alicyclic amines) is 1. The number of aromatic nitrogens is 4. The van der Waals surface area contributed by atoms with Gasteiger partial charge in [-0.1, -0.05) is 12.1 Å². The van der Waals surface area contributed by atoms with Gasteiger partial charge < -0.3 is 10.6 Å². The SMILES string of the molecule is CC1CC(CN)CN1C(=O)c1ccccc1-n1cnnn1. The third kappa shape index (κ3) is 2.52. The van der Waals surface area contributed by atoms with E-state index in [1.165, 1.54) is 11.0 Å². The molecule has 0 spiro atoms. The molecule has 3 rings (SSSR count). The molecule has 2 atom stereocenters. The van der Waals surface area contributed by atoms with Gasteiger partial charge >= 0.3 is 0 Å². The van der Waals surface area contributed by atoms with Crippen LogP contribution in [0.3, 0.4) is 0 Å². The Balaban J connectivity index is 1.92. The maximum atomic E-state index is 12.8. The molecule has 2 N–H and O–H groups in total. The van der Waals surface area contributed by atoms with E-state index in [-0.39, 0.29) is 11.9 Å². The third-order valence-electron chi connectivity index (χ3n) is 3.99. The minimum absolute atomic E-state index is 0.00421. The second kappa shape index (κ2) is 5.61. The van der Waals surface area contributed by atoms with E-state index in [0.717, 1.165) is 6.42 Å². The summed E-state index contributed by atoms with van der Waals surface area (Å²) in [6, 6.07) is 7.56. The molecule has 0 saturated carbocycles. The van der Waals surface area contributed by atoms with Gasteiger partial charge in [-0.05, 0) is 48.4 Å². The van der Waals surface area contributed by atoms with Gasteiger partial charge in [-0.3, -0.25) is 4.79 Å². The molecule has 1 aromatic heterocycles. The van der Waals surface area contributed by atoms with Crippen molar-refractivity contribution < 1.29 is 4.79 Å². The van der Waals surface area contributed by atoms with E-state index in [4.69, 9.17) is 5.73 Å². The molecule has 1 fully saturated rings. The minimum atomic E-state index is 0.00421. The lowest BCUT2D eigenvalue weighted by molar-refractivity contribution is 0.0743. The molecule has 0 radical (unpaired) electrons. The summed E-state index contributed by atoms with van der Waals surface area (Å²) in [7, 11) is 0. The molecule has 1 saturated heterocycles. The van der Waals surface area contributed by atoms with Gasteiger partial charge in [-0.2, -0.15) is 4.68 Å². The zero-order chi connectivity index (χ0) is 14.8. The molecule has 1 amide bonds. The molecule has 1 aromatic carbocycles. The fourth-order valence-corrected chi connectivity index (χ4v) is 2.88. The Kier molecular flexibility index (Phi) is 3.66. The minimum Gasteiger partial charge on any atom is -0.336 e. The molecule has 110 valence electrons. The Labute approximate surface area is 122 Å². The van der Waals surface area contributed by atoms with Crippen molar-refractivity contribution in [1.82, 2.24) is 25.1 Å². The molecule has 2 aromatic rings. The van der Waals surface area contributed by atoms with Crippen molar-refractivity contribution in [3.8, 4) is 5.69 Å². The number of rotatable bonds is 3. The summed E-state index contributed by atoms with van der Waals surface area (Å²) in [6.45, 7) is 3.39. The van der Waals surface area contributed by atoms with Crippen molar-refractivity contribution in [2.24, 2.45) is 11.7 Å². The normalized spacial score (nSPS) is 21.7. The third-order valence-corrected chi connectivity index (χ3v) is 3.99. The first-order chi connectivity index (χ1) is 10.2. The predicted octanol–water partition coefficient (Wildman–Crippen LogP) is 0.472. The molecular formula is C14H18N6O. The summed E-state index contributed by atoms with van der Waals surface area (Å²) in [4.78, 5) is 14.7. The fraction of sp³-hybridized carbons (Fsp3) is 0.429. The number of benzene rings is 1.